The minimum absolute atomic E-state index is 0.0453. The van der Waals surface area contributed by atoms with Crippen LogP contribution in [0.25, 0.3) is 0 Å². The molecule has 1 heterocycles. The van der Waals surface area contributed by atoms with Gasteiger partial charge < -0.3 is 16.0 Å². The average molecular weight is 474 g/mol. The Bertz CT molecular complexity index is 1040. The lowest BCUT2D eigenvalue weighted by Gasteiger charge is -2.36. The molecule has 2 aliphatic rings. The lowest BCUT2D eigenvalue weighted by atomic mass is 9.97. The number of halogens is 2. The van der Waals surface area contributed by atoms with Gasteiger partial charge in [-0.15, -0.1) is 0 Å². The largest absolute Gasteiger partial charge is 0.370 e. The first-order valence-corrected chi connectivity index (χ1v) is 11.3. The third-order valence-electron chi connectivity index (χ3n) is 5.99. The Kier molecular flexibility index (Phi) is 6.58. The number of carbonyl (C=O) groups is 2. The van der Waals surface area contributed by atoms with E-state index in [1.165, 1.54) is 6.92 Å². The van der Waals surface area contributed by atoms with Crippen molar-refractivity contribution < 1.29 is 9.59 Å². The van der Waals surface area contributed by atoms with E-state index in [2.05, 4.69) is 20.5 Å². The summed E-state index contributed by atoms with van der Waals surface area (Å²) in [5.41, 5.74) is 8.13. The number of carbonyl (C=O) groups excluding carboxylic acids is 2. The summed E-state index contributed by atoms with van der Waals surface area (Å²) in [5, 5.41) is 5.98. The second kappa shape index (κ2) is 9.38. The molecule has 3 atom stereocenters. The molecular weight excluding hydrogens is 449 g/mol. The fourth-order valence-electron chi connectivity index (χ4n) is 4.73. The van der Waals surface area contributed by atoms with Crippen molar-refractivity contribution in [3.63, 3.8) is 0 Å². The van der Waals surface area contributed by atoms with Crippen LogP contribution in [0.2, 0.25) is 10.0 Å². The van der Waals surface area contributed by atoms with Crippen LogP contribution in [0.3, 0.4) is 0 Å². The minimum Gasteiger partial charge on any atom is -0.370 e. The molecule has 1 saturated heterocycles. The molecule has 2 fully saturated rings. The van der Waals surface area contributed by atoms with Gasteiger partial charge in [0.2, 0.25) is 11.8 Å². The molecular formula is C23H25Cl2N5O2. The van der Waals surface area contributed by atoms with Crippen LogP contribution < -0.4 is 21.3 Å². The summed E-state index contributed by atoms with van der Waals surface area (Å²) in [6.45, 7) is 1.56. The van der Waals surface area contributed by atoms with Crippen LogP contribution in [0.1, 0.15) is 31.7 Å². The summed E-state index contributed by atoms with van der Waals surface area (Å²) in [6.07, 6.45) is 3.16. The summed E-state index contributed by atoms with van der Waals surface area (Å²) < 4.78 is 0. The predicted molar refractivity (Wildman–Crippen MR) is 128 cm³/mol. The third kappa shape index (κ3) is 4.69. The van der Waals surface area contributed by atoms with Crippen molar-refractivity contribution in [1.82, 2.24) is 5.32 Å². The molecule has 9 heteroatoms. The van der Waals surface area contributed by atoms with Gasteiger partial charge in [0.1, 0.15) is 6.04 Å². The van der Waals surface area contributed by atoms with Gasteiger partial charge in [-0.3, -0.25) is 14.9 Å². The third-order valence-corrected chi connectivity index (χ3v) is 6.59. The van der Waals surface area contributed by atoms with Crippen LogP contribution in [0.15, 0.2) is 47.5 Å². The molecule has 4 rings (SSSR count). The van der Waals surface area contributed by atoms with E-state index < -0.39 is 0 Å². The standard InChI is InChI=1S/C23H25Cl2N5O2/c1-13(31)28-20-18(24)9-14(10-19(20)25)12-27-23(26)29-22(32)21-15-7-8-17(11-15)30(21)16-5-3-2-4-6-16/h2-6,9-10,15,17,21H,7-8,11-12H2,1H3,(H,28,31)(H3,26,27,29,32)/t15-,17+,21?/m0/s1. The van der Waals surface area contributed by atoms with Gasteiger partial charge in [0, 0.05) is 18.7 Å². The van der Waals surface area contributed by atoms with Gasteiger partial charge in [-0.25, -0.2) is 4.99 Å². The maximum atomic E-state index is 13.1. The van der Waals surface area contributed by atoms with E-state index in [1.54, 1.807) is 12.1 Å². The number of hydrogen-bond acceptors (Lipinski definition) is 4. The van der Waals surface area contributed by atoms with Crippen LogP contribution in [-0.4, -0.2) is 29.9 Å². The van der Waals surface area contributed by atoms with E-state index >= 15 is 0 Å². The van der Waals surface area contributed by atoms with E-state index in [0.717, 1.165) is 24.9 Å². The Morgan fingerprint density at radius 3 is 2.50 bits per heavy atom. The molecule has 4 N–H and O–H groups in total. The SMILES string of the molecule is CC(=O)Nc1c(Cl)cc(CN=C(N)NC(=O)C2[C@H]3CC[C@H](C3)N2c2ccccc2)cc1Cl. The highest BCUT2D eigenvalue weighted by molar-refractivity contribution is 6.39. The average Bonchev–Trinajstić information content (AvgIpc) is 3.37. The number of benzene rings is 2. The minimum atomic E-state index is -0.267. The normalized spacial score (nSPS) is 22.2. The molecule has 0 spiro atoms. The molecule has 1 aliphatic heterocycles. The zero-order valence-electron chi connectivity index (χ0n) is 17.6. The van der Waals surface area contributed by atoms with Crippen molar-refractivity contribution >= 4 is 52.4 Å². The zero-order chi connectivity index (χ0) is 22.8. The fraction of sp³-hybridized carbons (Fsp3) is 0.348. The number of anilines is 2. The van der Waals surface area contributed by atoms with Gasteiger partial charge in [0.05, 0.1) is 22.3 Å². The molecule has 1 saturated carbocycles. The number of aliphatic imine (C=N–C) groups is 1. The number of piperidine rings is 1. The highest BCUT2D eigenvalue weighted by Crippen LogP contribution is 2.44. The molecule has 7 nitrogen and oxygen atoms in total. The molecule has 32 heavy (non-hydrogen) atoms. The number of amides is 2. The van der Waals surface area contributed by atoms with Crippen molar-refractivity contribution in [3.8, 4) is 0 Å². The van der Waals surface area contributed by atoms with Crippen LogP contribution in [0.5, 0.6) is 0 Å². The Hall–Kier alpha value is -2.77. The molecule has 2 bridgehead atoms. The lowest BCUT2D eigenvalue weighted by Crippen LogP contribution is -2.53. The van der Waals surface area contributed by atoms with E-state index in [1.807, 2.05) is 30.3 Å². The van der Waals surface area contributed by atoms with E-state index in [4.69, 9.17) is 28.9 Å². The maximum absolute atomic E-state index is 13.1. The number of nitrogens with zero attached hydrogens (tertiary/aromatic N) is 2. The predicted octanol–water partition coefficient (Wildman–Crippen LogP) is 3.94. The molecule has 0 radical (unpaired) electrons. The van der Waals surface area contributed by atoms with E-state index in [-0.39, 0.29) is 30.4 Å². The molecule has 2 amide bonds. The highest BCUT2D eigenvalue weighted by Gasteiger charge is 2.49. The van der Waals surface area contributed by atoms with Gasteiger partial charge >= 0.3 is 0 Å². The summed E-state index contributed by atoms with van der Waals surface area (Å²) >= 11 is 12.4. The fourth-order valence-corrected chi connectivity index (χ4v) is 5.35. The lowest BCUT2D eigenvalue weighted by molar-refractivity contribution is -0.122. The zero-order valence-corrected chi connectivity index (χ0v) is 19.2. The van der Waals surface area contributed by atoms with E-state index in [9.17, 15) is 9.59 Å². The first-order valence-electron chi connectivity index (χ1n) is 10.5. The van der Waals surface area contributed by atoms with Crippen molar-refractivity contribution in [2.75, 3.05) is 10.2 Å². The van der Waals surface area contributed by atoms with Crippen molar-refractivity contribution in [3.05, 3.63) is 58.1 Å². The molecule has 0 aromatic heterocycles. The van der Waals surface area contributed by atoms with Gasteiger partial charge in [0.15, 0.2) is 5.96 Å². The monoisotopic (exact) mass is 473 g/mol. The Morgan fingerprint density at radius 2 is 1.84 bits per heavy atom. The Labute approximate surface area is 197 Å². The first kappa shape index (κ1) is 22.4. The number of nitrogens with two attached hydrogens (primary N) is 1. The molecule has 168 valence electrons. The van der Waals surface area contributed by atoms with Gasteiger partial charge in [-0.2, -0.15) is 0 Å². The van der Waals surface area contributed by atoms with Crippen LogP contribution in [-0.2, 0) is 16.1 Å². The van der Waals surface area contributed by atoms with Gasteiger partial charge in [-0.05, 0) is 55.0 Å². The summed E-state index contributed by atoms with van der Waals surface area (Å²) in [7, 11) is 0. The number of hydrogen-bond donors (Lipinski definition) is 3. The summed E-state index contributed by atoms with van der Waals surface area (Å²) in [5.74, 6) is -0.0491. The molecule has 2 aromatic carbocycles. The number of guanidine groups is 1. The molecule has 1 aliphatic carbocycles. The van der Waals surface area contributed by atoms with Crippen molar-refractivity contribution in [2.24, 2.45) is 16.6 Å². The maximum Gasteiger partial charge on any atom is 0.249 e. The highest BCUT2D eigenvalue weighted by atomic mass is 35.5. The summed E-state index contributed by atoms with van der Waals surface area (Å²) in [6, 6.07) is 13.5. The number of nitrogens with one attached hydrogen (secondary N) is 2. The molecule has 2 aromatic rings. The van der Waals surface area contributed by atoms with E-state index in [0.29, 0.717) is 33.3 Å². The quantitative estimate of drug-likeness (QED) is 0.452. The van der Waals surface area contributed by atoms with Crippen LogP contribution in [0.4, 0.5) is 11.4 Å². The van der Waals surface area contributed by atoms with Gasteiger partial charge in [0.25, 0.3) is 0 Å². The second-order valence-electron chi connectivity index (χ2n) is 8.22. The van der Waals surface area contributed by atoms with Crippen molar-refractivity contribution in [1.29, 1.82) is 0 Å². The smallest absolute Gasteiger partial charge is 0.249 e. The van der Waals surface area contributed by atoms with Gasteiger partial charge in [-0.1, -0.05) is 41.4 Å². The summed E-state index contributed by atoms with van der Waals surface area (Å²) in [4.78, 5) is 30.9. The second-order valence-corrected chi connectivity index (χ2v) is 9.04. The Morgan fingerprint density at radius 1 is 1.16 bits per heavy atom. The molecule has 1 unspecified atom stereocenters. The van der Waals surface area contributed by atoms with Crippen LogP contribution in [0, 0.1) is 5.92 Å². The van der Waals surface area contributed by atoms with Crippen LogP contribution >= 0.6 is 23.2 Å². The van der Waals surface area contributed by atoms with Crippen molar-refractivity contribution in [2.45, 2.75) is 44.8 Å². The Balaban J connectivity index is 1.44. The topological polar surface area (TPSA) is 99.8 Å². The number of para-hydroxylation sites is 1. The number of rotatable bonds is 5. The number of fused-ring (bicyclic) bond motifs is 2. The first-order chi connectivity index (χ1) is 15.3.